The SMILES string of the molecule is CCn1c(=NC(=O)C2CC2)sc2cccc(Br)c21. The molecule has 94 valence electrons. The second kappa shape index (κ2) is 4.63. The lowest BCUT2D eigenvalue weighted by molar-refractivity contribution is -0.119. The highest BCUT2D eigenvalue weighted by Gasteiger charge is 2.29. The number of nitrogens with zero attached hydrogens (tertiary/aromatic N) is 2. The predicted octanol–water partition coefficient (Wildman–Crippen LogP) is 3.32. The Morgan fingerprint density at radius 1 is 1.56 bits per heavy atom. The Bertz CT molecular complexity index is 682. The normalized spacial score (nSPS) is 16.4. The van der Waals surface area contributed by atoms with Gasteiger partial charge in [0.15, 0.2) is 4.80 Å². The minimum atomic E-state index is 0.0416. The van der Waals surface area contributed by atoms with Crippen molar-refractivity contribution >= 4 is 43.4 Å². The van der Waals surface area contributed by atoms with Crippen LogP contribution in [0.5, 0.6) is 0 Å². The number of hydrogen-bond acceptors (Lipinski definition) is 2. The first kappa shape index (κ1) is 12.1. The first-order chi connectivity index (χ1) is 8.70. The maximum absolute atomic E-state index is 11.8. The van der Waals surface area contributed by atoms with Crippen molar-refractivity contribution in [2.45, 2.75) is 26.3 Å². The Balaban J connectivity index is 2.22. The van der Waals surface area contributed by atoms with Gasteiger partial charge in [0, 0.05) is 16.9 Å². The molecule has 1 saturated carbocycles. The zero-order chi connectivity index (χ0) is 12.7. The smallest absolute Gasteiger partial charge is 0.251 e. The van der Waals surface area contributed by atoms with Gasteiger partial charge < -0.3 is 4.57 Å². The van der Waals surface area contributed by atoms with Crippen LogP contribution in [0.15, 0.2) is 27.7 Å². The first-order valence-electron chi connectivity index (χ1n) is 6.07. The molecule has 1 fully saturated rings. The van der Waals surface area contributed by atoms with E-state index < -0.39 is 0 Å². The van der Waals surface area contributed by atoms with E-state index in [1.54, 1.807) is 11.3 Å². The van der Waals surface area contributed by atoms with Crippen molar-refractivity contribution in [1.29, 1.82) is 0 Å². The van der Waals surface area contributed by atoms with Crippen LogP contribution in [0.4, 0.5) is 0 Å². The fourth-order valence-electron chi connectivity index (χ4n) is 1.98. The summed E-state index contributed by atoms with van der Waals surface area (Å²) in [5.74, 6) is 0.226. The third kappa shape index (κ3) is 2.06. The summed E-state index contributed by atoms with van der Waals surface area (Å²) in [4.78, 5) is 16.9. The molecule has 1 aliphatic rings. The third-order valence-corrected chi connectivity index (χ3v) is 4.78. The molecule has 0 bridgehead atoms. The molecule has 1 aliphatic carbocycles. The van der Waals surface area contributed by atoms with Crippen molar-refractivity contribution in [2.24, 2.45) is 10.9 Å². The van der Waals surface area contributed by atoms with E-state index in [1.165, 1.54) is 0 Å². The molecule has 1 amide bonds. The van der Waals surface area contributed by atoms with E-state index in [0.29, 0.717) is 0 Å². The summed E-state index contributed by atoms with van der Waals surface area (Å²) in [5, 5.41) is 0. The number of thiazole rings is 1. The monoisotopic (exact) mass is 324 g/mol. The number of aromatic nitrogens is 1. The molecule has 0 spiro atoms. The molecule has 5 heteroatoms. The summed E-state index contributed by atoms with van der Waals surface area (Å²) in [6.45, 7) is 2.89. The van der Waals surface area contributed by atoms with Crippen LogP contribution in [0.2, 0.25) is 0 Å². The van der Waals surface area contributed by atoms with E-state index in [1.807, 2.05) is 12.1 Å². The van der Waals surface area contributed by atoms with E-state index in [-0.39, 0.29) is 11.8 Å². The van der Waals surface area contributed by atoms with Gasteiger partial charge in [-0.05, 0) is 47.8 Å². The second-order valence-corrected chi connectivity index (χ2v) is 6.30. The summed E-state index contributed by atoms with van der Waals surface area (Å²) < 4.78 is 4.32. The first-order valence-corrected chi connectivity index (χ1v) is 7.68. The number of carbonyl (C=O) groups excluding carboxylic acids is 1. The van der Waals surface area contributed by atoms with Gasteiger partial charge in [0.1, 0.15) is 0 Å². The zero-order valence-corrected chi connectivity index (χ0v) is 12.4. The number of aryl methyl sites for hydroxylation is 1. The van der Waals surface area contributed by atoms with Crippen molar-refractivity contribution in [3.05, 3.63) is 27.5 Å². The van der Waals surface area contributed by atoms with Crippen LogP contribution in [0.1, 0.15) is 19.8 Å². The van der Waals surface area contributed by atoms with Crippen LogP contribution in [0.3, 0.4) is 0 Å². The average Bonchev–Trinajstić information content (AvgIpc) is 3.12. The maximum atomic E-state index is 11.8. The molecule has 0 saturated heterocycles. The third-order valence-electron chi connectivity index (χ3n) is 3.10. The number of halogens is 1. The lowest BCUT2D eigenvalue weighted by Crippen LogP contribution is -2.16. The molecule has 0 atom stereocenters. The molecule has 2 aromatic rings. The van der Waals surface area contributed by atoms with Crippen LogP contribution in [0.25, 0.3) is 10.2 Å². The summed E-state index contributed by atoms with van der Waals surface area (Å²) in [6.07, 6.45) is 2.01. The Morgan fingerprint density at radius 3 is 3.00 bits per heavy atom. The standard InChI is InChI=1S/C13H13BrN2OS/c1-2-16-11-9(14)4-3-5-10(11)18-13(16)15-12(17)8-6-7-8/h3-5,8H,2,6-7H2,1H3. The molecular weight excluding hydrogens is 312 g/mol. The largest absolute Gasteiger partial charge is 0.316 e. The summed E-state index contributed by atoms with van der Waals surface area (Å²) in [5.41, 5.74) is 1.13. The van der Waals surface area contributed by atoms with Crippen molar-refractivity contribution in [3.8, 4) is 0 Å². The van der Waals surface area contributed by atoms with E-state index in [4.69, 9.17) is 0 Å². The average molecular weight is 325 g/mol. The summed E-state index contributed by atoms with van der Waals surface area (Å²) >= 11 is 5.15. The lowest BCUT2D eigenvalue weighted by atomic mass is 10.3. The van der Waals surface area contributed by atoms with Crippen LogP contribution < -0.4 is 4.80 Å². The van der Waals surface area contributed by atoms with Crippen LogP contribution in [-0.2, 0) is 11.3 Å². The predicted molar refractivity (Wildman–Crippen MR) is 76.5 cm³/mol. The van der Waals surface area contributed by atoms with E-state index in [0.717, 1.165) is 38.9 Å². The van der Waals surface area contributed by atoms with Gasteiger partial charge in [-0.15, -0.1) is 0 Å². The molecule has 18 heavy (non-hydrogen) atoms. The fraction of sp³-hybridized carbons (Fsp3) is 0.385. The molecule has 3 rings (SSSR count). The quantitative estimate of drug-likeness (QED) is 0.834. The number of hydrogen-bond donors (Lipinski definition) is 0. The highest BCUT2D eigenvalue weighted by Crippen LogP contribution is 2.30. The Labute approximate surface area is 117 Å². The second-order valence-electron chi connectivity index (χ2n) is 4.44. The van der Waals surface area contributed by atoms with Gasteiger partial charge in [-0.25, -0.2) is 0 Å². The molecule has 3 nitrogen and oxygen atoms in total. The fourth-order valence-corrected chi connectivity index (χ4v) is 3.82. The van der Waals surface area contributed by atoms with Gasteiger partial charge in [-0.3, -0.25) is 4.79 Å². The van der Waals surface area contributed by atoms with E-state index >= 15 is 0 Å². The Hall–Kier alpha value is -0.940. The van der Waals surface area contributed by atoms with Gasteiger partial charge in [0.25, 0.3) is 5.91 Å². The van der Waals surface area contributed by atoms with Gasteiger partial charge >= 0.3 is 0 Å². The summed E-state index contributed by atoms with van der Waals surface area (Å²) in [7, 11) is 0. The Morgan fingerprint density at radius 2 is 2.33 bits per heavy atom. The van der Waals surface area contributed by atoms with Crippen LogP contribution in [0, 0.1) is 5.92 Å². The summed E-state index contributed by atoms with van der Waals surface area (Å²) in [6, 6.07) is 6.10. The molecule has 1 aromatic heterocycles. The topological polar surface area (TPSA) is 34.4 Å². The number of para-hydroxylation sites is 1. The Kier molecular flexibility index (Phi) is 3.11. The van der Waals surface area contributed by atoms with Gasteiger partial charge in [-0.2, -0.15) is 4.99 Å². The minimum Gasteiger partial charge on any atom is -0.316 e. The lowest BCUT2D eigenvalue weighted by Gasteiger charge is -2.01. The number of amides is 1. The highest BCUT2D eigenvalue weighted by molar-refractivity contribution is 9.10. The number of carbonyl (C=O) groups is 1. The number of benzene rings is 1. The zero-order valence-electron chi connectivity index (χ0n) is 10.0. The minimum absolute atomic E-state index is 0.0416. The number of fused-ring (bicyclic) bond motifs is 1. The number of rotatable bonds is 2. The van der Waals surface area contributed by atoms with Gasteiger partial charge in [-0.1, -0.05) is 17.4 Å². The highest BCUT2D eigenvalue weighted by atomic mass is 79.9. The molecule has 0 aliphatic heterocycles. The molecule has 1 heterocycles. The van der Waals surface area contributed by atoms with Gasteiger partial charge in [0.05, 0.1) is 10.2 Å². The maximum Gasteiger partial charge on any atom is 0.251 e. The van der Waals surface area contributed by atoms with Crippen LogP contribution in [-0.4, -0.2) is 10.5 Å². The molecule has 1 aromatic carbocycles. The van der Waals surface area contributed by atoms with Crippen LogP contribution >= 0.6 is 27.3 Å². The van der Waals surface area contributed by atoms with E-state index in [9.17, 15) is 4.79 Å². The van der Waals surface area contributed by atoms with Crippen molar-refractivity contribution in [2.75, 3.05) is 0 Å². The molecule has 0 unspecified atom stereocenters. The van der Waals surface area contributed by atoms with Crippen molar-refractivity contribution < 1.29 is 4.79 Å². The molecule has 0 N–H and O–H groups in total. The van der Waals surface area contributed by atoms with Crippen molar-refractivity contribution in [3.63, 3.8) is 0 Å². The van der Waals surface area contributed by atoms with Crippen molar-refractivity contribution in [1.82, 2.24) is 4.57 Å². The van der Waals surface area contributed by atoms with Gasteiger partial charge in [0.2, 0.25) is 0 Å². The molecular formula is C13H13BrN2OS. The van der Waals surface area contributed by atoms with E-state index in [2.05, 4.69) is 38.5 Å². The molecule has 0 radical (unpaired) electrons.